The molecule has 3 nitrogen and oxygen atoms in total. The van der Waals surface area contributed by atoms with Crippen LogP contribution in [0.4, 0.5) is 4.39 Å². The zero-order chi connectivity index (χ0) is 14.1. The van der Waals surface area contributed by atoms with Gasteiger partial charge in [0.2, 0.25) is 0 Å². The van der Waals surface area contributed by atoms with Crippen molar-refractivity contribution in [2.45, 2.75) is 37.9 Å². The topological polar surface area (TPSA) is 30.7 Å². The molecule has 20 heavy (non-hydrogen) atoms. The van der Waals surface area contributed by atoms with Gasteiger partial charge in [-0.15, -0.1) is 10.2 Å². The molecule has 5 heteroatoms. The standard InChI is InChI=1S/C15H18FN3S/c1-10(2)9-20-15-18-17-14(19(15)11-7-8-11)12-5-3-4-6-13(12)16/h3-6,10-11H,7-9H2,1-2H3. The largest absolute Gasteiger partial charge is 0.299 e. The highest BCUT2D eigenvalue weighted by Gasteiger charge is 2.30. The molecule has 0 radical (unpaired) electrons. The first-order valence-corrected chi connectivity index (χ1v) is 7.98. The molecule has 1 fully saturated rings. The third-order valence-corrected chi connectivity index (χ3v) is 4.61. The van der Waals surface area contributed by atoms with Crippen molar-refractivity contribution in [1.29, 1.82) is 0 Å². The molecule has 1 aliphatic rings. The lowest BCUT2D eigenvalue weighted by Gasteiger charge is -2.10. The molecule has 2 aromatic rings. The van der Waals surface area contributed by atoms with Crippen LogP contribution in [0.3, 0.4) is 0 Å². The summed E-state index contributed by atoms with van der Waals surface area (Å²) in [5.74, 6) is 2.03. The van der Waals surface area contributed by atoms with E-state index in [4.69, 9.17) is 0 Å². The maximum absolute atomic E-state index is 14.0. The van der Waals surface area contributed by atoms with Gasteiger partial charge in [-0.25, -0.2) is 4.39 Å². The molecule has 0 atom stereocenters. The Morgan fingerprint density at radius 2 is 2.05 bits per heavy atom. The van der Waals surface area contributed by atoms with Crippen LogP contribution in [0.5, 0.6) is 0 Å². The van der Waals surface area contributed by atoms with E-state index < -0.39 is 0 Å². The maximum Gasteiger partial charge on any atom is 0.191 e. The third kappa shape index (κ3) is 2.73. The van der Waals surface area contributed by atoms with Crippen LogP contribution in [0, 0.1) is 11.7 Å². The van der Waals surface area contributed by atoms with Crippen molar-refractivity contribution in [3.05, 3.63) is 30.1 Å². The first-order valence-electron chi connectivity index (χ1n) is 6.99. The van der Waals surface area contributed by atoms with E-state index in [-0.39, 0.29) is 5.82 Å². The molecule has 1 aliphatic carbocycles. The highest BCUT2D eigenvalue weighted by Crippen LogP contribution is 2.41. The molecule has 0 spiro atoms. The van der Waals surface area contributed by atoms with Crippen LogP contribution in [0.25, 0.3) is 11.4 Å². The summed E-state index contributed by atoms with van der Waals surface area (Å²) in [4.78, 5) is 0. The van der Waals surface area contributed by atoms with Crippen molar-refractivity contribution in [2.75, 3.05) is 5.75 Å². The van der Waals surface area contributed by atoms with Crippen LogP contribution in [0.15, 0.2) is 29.4 Å². The normalized spacial score (nSPS) is 15.0. The number of aromatic nitrogens is 3. The lowest BCUT2D eigenvalue weighted by molar-refractivity contribution is 0.622. The van der Waals surface area contributed by atoms with Crippen LogP contribution in [-0.4, -0.2) is 20.5 Å². The summed E-state index contributed by atoms with van der Waals surface area (Å²) in [7, 11) is 0. The van der Waals surface area contributed by atoms with Crippen molar-refractivity contribution in [1.82, 2.24) is 14.8 Å². The van der Waals surface area contributed by atoms with E-state index in [1.54, 1.807) is 23.9 Å². The highest BCUT2D eigenvalue weighted by atomic mass is 32.2. The van der Waals surface area contributed by atoms with Gasteiger partial charge in [0.25, 0.3) is 0 Å². The van der Waals surface area contributed by atoms with E-state index in [0.717, 1.165) is 23.8 Å². The van der Waals surface area contributed by atoms with E-state index in [9.17, 15) is 4.39 Å². The minimum Gasteiger partial charge on any atom is -0.299 e. The van der Waals surface area contributed by atoms with Crippen molar-refractivity contribution >= 4 is 11.8 Å². The Labute approximate surface area is 122 Å². The first kappa shape index (κ1) is 13.6. The SMILES string of the molecule is CC(C)CSc1nnc(-c2ccccc2F)n1C1CC1. The quantitative estimate of drug-likeness (QED) is 0.775. The van der Waals surface area contributed by atoms with E-state index in [1.165, 1.54) is 6.07 Å². The van der Waals surface area contributed by atoms with Crippen molar-refractivity contribution in [3.63, 3.8) is 0 Å². The molecule has 0 N–H and O–H groups in total. The second-order valence-electron chi connectivity index (χ2n) is 5.59. The van der Waals surface area contributed by atoms with E-state index in [0.29, 0.717) is 23.3 Å². The third-order valence-electron chi connectivity index (χ3n) is 3.24. The van der Waals surface area contributed by atoms with Gasteiger partial charge in [-0.2, -0.15) is 0 Å². The summed E-state index contributed by atoms with van der Waals surface area (Å²) >= 11 is 1.71. The van der Waals surface area contributed by atoms with Gasteiger partial charge >= 0.3 is 0 Å². The van der Waals surface area contributed by atoms with Crippen molar-refractivity contribution in [2.24, 2.45) is 5.92 Å². The molecular weight excluding hydrogens is 273 g/mol. The fourth-order valence-electron chi connectivity index (χ4n) is 2.10. The molecule has 0 aliphatic heterocycles. The summed E-state index contributed by atoms with van der Waals surface area (Å²) in [6, 6.07) is 7.22. The fraction of sp³-hybridized carbons (Fsp3) is 0.467. The smallest absolute Gasteiger partial charge is 0.191 e. The average molecular weight is 291 g/mol. The number of rotatable bonds is 5. The number of halogens is 1. The van der Waals surface area contributed by atoms with E-state index in [2.05, 4.69) is 28.6 Å². The average Bonchev–Trinajstić information content (AvgIpc) is 3.17. The molecule has 1 saturated carbocycles. The van der Waals surface area contributed by atoms with Crippen LogP contribution in [0.1, 0.15) is 32.7 Å². The van der Waals surface area contributed by atoms with E-state index in [1.807, 2.05) is 6.07 Å². The molecule has 0 unspecified atom stereocenters. The second-order valence-corrected chi connectivity index (χ2v) is 6.58. The molecule has 106 valence electrons. The van der Waals surface area contributed by atoms with Gasteiger partial charge in [0.05, 0.1) is 5.56 Å². The zero-order valence-electron chi connectivity index (χ0n) is 11.7. The van der Waals surface area contributed by atoms with Gasteiger partial charge in [-0.3, -0.25) is 4.57 Å². The predicted molar refractivity (Wildman–Crippen MR) is 79.2 cm³/mol. The summed E-state index contributed by atoms with van der Waals surface area (Å²) < 4.78 is 16.1. The van der Waals surface area contributed by atoms with Crippen molar-refractivity contribution in [3.8, 4) is 11.4 Å². The number of nitrogens with zero attached hydrogens (tertiary/aromatic N) is 3. The number of thioether (sulfide) groups is 1. The Balaban J connectivity index is 1.97. The molecule has 0 amide bonds. The monoisotopic (exact) mass is 291 g/mol. The Bertz CT molecular complexity index is 605. The summed E-state index contributed by atoms with van der Waals surface area (Å²) in [5, 5.41) is 9.43. The molecule has 1 heterocycles. The summed E-state index contributed by atoms with van der Waals surface area (Å²) in [6.07, 6.45) is 2.27. The zero-order valence-corrected chi connectivity index (χ0v) is 12.5. The molecule has 1 aromatic heterocycles. The molecule has 1 aromatic carbocycles. The van der Waals surface area contributed by atoms with Gasteiger partial charge < -0.3 is 0 Å². The van der Waals surface area contributed by atoms with Gasteiger partial charge in [-0.1, -0.05) is 37.7 Å². The van der Waals surface area contributed by atoms with Crippen LogP contribution >= 0.6 is 11.8 Å². The fourth-order valence-corrected chi connectivity index (χ4v) is 3.06. The molecule has 0 bridgehead atoms. The lowest BCUT2D eigenvalue weighted by Crippen LogP contribution is -2.02. The van der Waals surface area contributed by atoms with E-state index >= 15 is 0 Å². The van der Waals surface area contributed by atoms with Gasteiger partial charge in [0, 0.05) is 11.8 Å². The molecular formula is C15H18FN3S. The Kier molecular flexibility index (Phi) is 3.78. The van der Waals surface area contributed by atoms with Crippen LogP contribution in [-0.2, 0) is 0 Å². The minimum absolute atomic E-state index is 0.234. The number of benzene rings is 1. The highest BCUT2D eigenvalue weighted by molar-refractivity contribution is 7.99. The number of hydrogen-bond donors (Lipinski definition) is 0. The number of hydrogen-bond acceptors (Lipinski definition) is 3. The Morgan fingerprint density at radius 3 is 2.70 bits per heavy atom. The molecule has 3 rings (SSSR count). The van der Waals surface area contributed by atoms with Crippen molar-refractivity contribution < 1.29 is 4.39 Å². The predicted octanol–water partition coefficient (Wildman–Crippen LogP) is 4.17. The molecule has 0 saturated heterocycles. The van der Waals surface area contributed by atoms with Crippen LogP contribution in [0.2, 0.25) is 0 Å². The Morgan fingerprint density at radius 1 is 1.30 bits per heavy atom. The summed E-state index contributed by atoms with van der Waals surface area (Å²) in [6.45, 7) is 4.37. The van der Waals surface area contributed by atoms with Gasteiger partial charge in [0.1, 0.15) is 5.82 Å². The first-order chi connectivity index (χ1) is 9.66. The van der Waals surface area contributed by atoms with Gasteiger partial charge in [0.15, 0.2) is 11.0 Å². The van der Waals surface area contributed by atoms with Gasteiger partial charge in [-0.05, 0) is 30.9 Å². The second kappa shape index (κ2) is 5.56. The Hall–Kier alpha value is -1.36. The summed E-state index contributed by atoms with van der Waals surface area (Å²) in [5.41, 5.74) is 0.545. The van der Waals surface area contributed by atoms with Crippen LogP contribution < -0.4 is 0 Å². The maximum atomic E-state index is 14.0. The minimum atomic E-state index is -0.234. The lowest BCUT2D eigenvalue weighted by atomic mass is 10.2.